The maximum Gasteiger partial charge on any atom is 0.192 e. The van der Waals surface area contributed by atoms with Gasteiger partial charge in [-0.1, -0.05) is 79.4 Å². The molecule has 0 aromatic rings. The second-order valence-corrected chi connectivity index (χ2v) is 25.5. The van der Waals surface area contributed by atoms with Crippen LogP contribution in [0.5, 0.6) is 0 Å². The van der Waals surface area contributed by atoms with E-state index in [0.29, 0.717) is 12.2 Å². The zero-order valence-electron chi connectivity index (χ0n) is 28.6. The van der Waals surface area contributed by atoms with Crippen molar-refractivity contribution in [2.45, 2.75) is 168 Å². The average molecular weight is 605 g/mol. The molecule has 2 aliphatic carbocycles. The standard InChI is InChI=1S/C35H64O4Si2/c1-12-23-35(24-19-25-35)32(39-41(10,11)34(5,6)7)22-18-21-29-28(20-16-14-13-15-17-26-36)30(37)27-31(29)38-40(8,9)33(2,3)4/h14,16,28-29,31-32,36H,12-13,15,17,19-20,22-27H2,1-11H3/b16-14-/t28-,29-,31-,32?/m1/s1. The van der Waals surface area contributed by atoms with Crippen molar-refractivity contribution in [3.8, 4) is 11.8 Å². The lowest BCUT2D eigenvalue weighted by molar-refractivity contribution is -0.121. The monoisotopic (exact) mass is 604 g/mol. The van der Waals surface area contributed by atoms with Crippen LogP contribution < -0.4 is 0 Å². The summed E-state index contributed by atoms with van der Waals surface area (Å²) >= 11 is 0. The van der Waals surface area contributed by atoms with Gasteiger partial charge in [0.1, 0.15) is 5.78 Å². The summed E-state index contributed by atoms with van der Waals surface area (Å²) in [6.45, 7) is 25.6. The number of hydrogen-bond acceptors (Lipinski definition) is 4. The van der Waals surface area contributed by atoms with E-state index in [4.69, 9.17) is 14.0 Å². The molecule has 2 rings (SSSR count). The van der Waals surface area contributed by atoms with Crippen molar-refractivity contribution < 1.29 is 18.8 Å². The van der Waals surface area contributed by atoms with Gasteiger partial charge in [-0.3, -0.25) is 4.79 Å². The van der Waals surface area contributed by atoms with E-state index in [2.05, 4.69) is 98.6 Å². The van der Waals surface area contributed by atoms with Gasteiger partial charge in [0.2, 0.25) is 0 Å². The number of carbonyl (C=O) groups is 1. The first-order valence-corrected chi connectivity index (χ1v) is 22.3. The lowest BCUT2D eigenvalue weighted by atomic mass is 9.62. The molecule has 6 heteroatoms. The van der Waals surface area contributed by atoms with Crippen LogP contribution in [0.15, 0.2) is 12.2 Å². The van der Waals surface area contributed by atoms with E-state index < -0.39 is 16.6 Å². The van der Waals surface area contributed by atoms with Gasteiger partial charge >= 0.3 is 0 Å². The Bertz CT molecular complexity index is 925. The van der Waals surface area contributed by atoms with Crippen LogP contribution in [0.2, 0.25) is 36.3 Å². The number of unbranched alkanes of at least 4 members (excludes halogenated alkanes) is 2. The van der Waals surface area contributed by atoms with Gasteiger partial charge in [0.05, 0.1) is 18.1 Å². The molecule has 0 heterocycles. The van der Waals surface area contributed by atoms with Crippen LogP contribution in [0.1, 0.15) is 119 Å². The van der Waals surface area contributed by atoms with Crippen LogP contribution in [0.3, 0.4) is 0 Å². The highest BCUT2D eigenvalue weighted by Crippen LogP contribution is 2.52. The molecule has 2 aliphatic rings. The molecule has 0 aromatic carbocycles. The predicted octanol–water partition coefficient (Wildman–Crippen LogP) is 9.45. The number of Topliss-reactive ketones (excluding diaryl/α,β-unsaturated/α-hetero) is 1. The molecule has 0 aromatic heterocycles. The third kappa shape index (κ3) is 9.63. The minimum absolute atomic E-state index is 0.0734. The van der Waals surface area contributed by atoms with Gasteiger partial charge in [-0.25, -0.2) is 0 Å². The van der Waals surface area contributed by atoms with E-state index in [1.807, 2.05) is 0 Å². The van der Waals surface area contributed by atoms with Crippen LogP contribution in [0, 0.1) is 29.1 Å². The Labute approximate surface area is 256 Å². The second-order valence-electron chi connectivity index (χ2n) is 16.0. The summed E-state index contributed by atoms with van der Waals surface area (Å²) in [5.41, 5.74) is 0.248. The number of aliphatic hydroxyl groups excluding tert-OH is 1. The first kappa shape index (κ1) is 36.5. The van der Waals surface area contributed by atoms with E-state index in [0.717, 1.165) is 32.1 Å². The Kier molecular flexibility index (Phi) is 13.2. The van der Waals surface area contributed by atoms with E-state index >= 15 is 0 Å². The number of aliphatic hydroxyl groups is 1. The van der Waals surface area contributed by atoms with Crippen LogP contribution in [-0.2, 0) is 13.6 Å². The van der Waals surface area contributed by atoms with Crippen LogP contribution >= 0.6 is 0 Å². The minimum atomic E-state index is -2.06. The molecule has 0 bridgehead atoms. The fourth-order valence-electron chi connectivity index (χ4n) is 5.86. The van der Waals surface area contributed by atoms with E-state index in [1.165, 1.54) is 32.1 Å². The molecular weight excluding hydrogens is 541 g/mol. The van der Waals surface area contributed by atoms with Crippen molar-refractivity contribution in [3.05, 3.63) is 12.2 Å². The van der Waals surface area contributed by atoms with Crippen molar-refractivity contribution in [1.82, 2.24) is 0 Å². The molecule has 2 fully saturated rings. The molecule has 0 aliphatic heterocycles. The Balaban J connectivity index is 2.35. The molecule has 4 nitrogen and oxygen atoms in total. The molecule has 4 atom stereocenters. The quantitative estimate of drug-likeness (QED) is 0.0928. The van der Waals surface area contributed by atoms with Gasteiger partial charge in [-0.2, -0.15) is 0 Å². The third-order valence-electron chi connectivity index (χ3n) is 10.8. The predicted molar refractivity (Wildman–Crippen MR) is 179 cm³/mol. The fourth-order valence-corrected chi connectivity index (χ4v) is 8.60. The molecule has 0 amide bonds. The summed E-state index contributed by atoms with van der Waals surface area (Å²) in [4.78, 5) is 13.4. The topological polar surface area (TPSA) is 55.8 Å². The first-order valence-electron chi connectivity index (χ1n) is 16.5. The number of hydrogen-bond donors (Lipinski definition) is 1. The summed E-state index contributed by atoms with van der Waals surface area (Å²) in [5, 5.41) is 9.30. The SMILES string of the molecule is CCCC1(C(CC#C[C@H]2[C@H](O[Si](C)(C)C(C)(C)C)CC(=O)[C@@H]2C/C=C\CCCCO)O[Si](C)(C)C(C)(C)C)CCC1. The second kappa shape index (κ2) is 14.8. The normalized spacial score (nSPS) is 24.3. The zero-order valence-corrected chi connectivity index (χ0v) is 30.6. The van der Waals surface area contributed by atoms with Crippen LogP contribution in [-0.4, -0.2) is 46.3 Å². The number of allylic oxidation sites excluding steroid dienone is 2. The molecule has 2 saturated carbocycles. The Morgan fingerprint density at radius 1 is 1.02 bits per heavy atom. The smallest absolute Gasteiger partial charge is 0.192 e. The van der Waals surface area contributed by atoms with Gasteiger partial charge < -0.3 is 14.0 Å². The summed E-state index contributed by atoms with van der Waals surface area (Å²) < 4.78 is 14.1. The highest BCUT2D eigenvalue weighted by molar-refractivity contribution is 6.74. The van der Waals surface area contributed by atoms with Crippen molar-refractivity contribution >= 4 is 22.4 Å². The van der Waals surface area contributed by atoms with Gasteiger partial charge in [0.25, 0.3) is 0 Å². The first-order chi connectivity index (χ1) is 18.9. The van der Waals surface area contributed by atoms with Gasteiger partial charge in [-0.05, 0) is 86.6 Å². The van der Waals surface area contributed by atoms with E-state index in [1.54, 1.807) is 0 Å². The number of carbonyl (C=O) groups excluding carboxylic acids is 1. The Morgan fingerprint density at radius 3 is 2.17 bits per heavy atom. The minimum Gasteiger partial charge on any atom is -0.412 e. The molecule has 236 valence electrons. The molecule has 0 radical (unpaired) electrons. The van der Waals surface area contributed by atoms with Gasteiger partial charge in [0, 0.05) is 25.4 Å². The molecule has 0 saturated heterocycles. The Hall–Kier alpha value is -0.716. The maximum absolute atomic E-state index is 13.4. The van der Waals surface area contributed by atoms with Crippen LogP contribution in [0.25, 0.3) is 0 Å². The number of ketones is 1. The van der Waals surface area contributed by atoms with Gasteiger partial charge in [-0.15, -0.1) is 5.92 Å². The van der Waals surface area contributed by atoms with Crippen molar-refractivity contribution in [2.24, 2.45) is 17.3 Å². The molecule has 0 spiro atoms. The lowest BCUT2D eigenvalue weighted by Crippen LogP contribution is -2.51. The summed E-state index contributed by atoms with van der Waals surface area (Å²) in [6.07, 6.45) is 15.2. The summed E-state index contributed by atoms with van der Waals surface area (Å²) in [6, 6.07) is 0. The number of rotatable bonds is 14. The fraction of sp³-hybridized carbons (Fsp3) is 0.857. The zero-order chi connectivity index (χ0) is 31.1. The summed E-state index contributed by atoms with van der Waals surface area (Å²) in [7, 11) is -4.01. The highest BCUT2D eigenvalue weighted by atomic mass is 28.4. The average Bonchev–Trinajstić information content (AvgIpc) is 3.09. The molecular formula is C35H64O4Si2. The van der Waals surface area contributed by atoms with Crippen molar-refractivity contribution in [3.63, 3.8) is 0 Å². The van der Waals surface area contributed by atoms with Gasteiger partial charge in [0.15, 0.2) is 16.6 Å². The van der Waals surface area contributed by atoms with Crippen molar-refractivity contribution in [2.75, 3.05) is 6.61 Å². The summed E-state index contributed by atoms with van der Waals surface area (Å²) in [5.74, 6) is 7.41. The Morgan fingerprint density at radius 2 is 1.66 bits per heavy atom. The molecule has 1 N–H and O–H groups in total. The van der Waals surface area contributed by atoms with Crippen LogP contribution in [0.4, 0.5) is 0 Å². The van der Waals surface area contributed by atoms with Crippen molar-refractivity contribution in [1.29, 1.82) is 0 Å². The van der Waals surface area contributed by atoms with E-state index in [9.17, 15) is 4.79 Å². The molecule has 41 heavy (non-hydrogen) atoms. The maximum atomic E-state index is 13.4. The largest absolute Gasteiger partial charge is 0.412 e. The highest BCUT2D eigenvalue weighted by Gasteiger charge is 2.49. The van der Waals surface area contributed by atoms with E-state index in [-0.39, 0.29) is 46.1 Å². The lowest BCUT2D eigenvalue weighted by Gasteiger charge is -2.51. The molecule has 1 unspecified atom stereocenters. The third-order valence-corrected chi connectivity index (χ3v) is 19.8.